The maximum Gasteiger partial charge on any atom is 0.307 e. The van der Waals surface area contributed by atoms with E-state index in [2.05, 4.69) is 4.98 Å². The van der Waals surface area contributed by atoms with E-state index in [1.165, 1.54) is 0 Å². The number of nitrogens with two attached hydrogens (primary N) is 1. The lowest BCUT2D eigenvalue weighted by Gasteiger charge is -2.19. The summed E-state index contributed by atoms with van der Waals surface area (Å²) in [6.45, 7) is 6.75. The van der Waals surface area contributed by atoms with Crippen molar-refractivity contribution in [1.82, 2.24) is 9.55 Å². The van der Waals surface area contributed by atoms with Gasteiger partial charge in [-0.15, -0.1) is 0 Å². The second-order valence-corrected chi connectivity index (χ2v) is 4.80. The summed E-state index contributed by atoms with van der Waals surface area (Å²) in [6.07, 6.45) is 4.61. The molecule has 0 unspecified atom stereocenters. The lowest BCUT2D eigenvalue weighted by Crippen LogP contribution is -2.35. The summed E-state index contributed by atoms with van der Waals surface area (Å²) < 4.78 is 6.83. The van der Waals surface area contributed by atoms with Crippen molar-refractivity contribution in [2.75, 3.05) is 6.61 Å². The average Bonchev–Trinajstić information content (AvgIpc) is 2.60. The molecule has 1 aromatic heterocycles. The van der Waals surface area contributed by atoms with Crippen LogP contribution in [-0.2, 0) is 22.5 Å². The first kappa shape index (κ1) is 13.7. The second kappa shape index (κ2) is 5.82. The van der Waals surface area contributed by atoms with Crippen molar-refractivity contribution in [3.05, 3.63) is 18.2 Å². The number of nitrogens with zero attached hydrogens (tertiary/aromatic N) is 2. The predicted molar refractivity (Wildman–Crippen MR) is 65.4 cm³/mol. The first-order valence-corrected chi connectivity index (χ1v) is 5.86. The zero-order valence-electron chi connectivity index (χ0n) is 10.8. The number of ether oxygens (including phenoxy) is 1. The summed E-state index contributed by atoms with van der Waals surface area (Å²) in [7, 11) is 0. The number of rotatable bonds is 6. The van der Waals surface area contributed by atoms with Gasteiger partial charge in [-0.25, -0.2) is 4.98 Å². The quantitative estimate of drug-likeness (QED) is 0.755. The number of hydrogen-bond donors (Lipinski definition) is 1. The lowest BCUT2D eigenvalue weighted by molar-refractivity contribution is -0.143. The maximum atomic E-state index is 11.3. The highest BCUT2D eigenvalue weighted by Gasteiger charge is 2.15. The molecule has 0 aliphatic rings. The molecule has 0 fully saturated rings. The fourth-order valence-corrected chi connectivity index (χ4v) is 1.61. The Hall–Kier alpha value is -1.36. The third kappa shape index (κ3) is 4.99. The highest BCUT2D eigenvalue weighted by atomic mass is 16.5. The molecular weight excluding hydrogens is 218 g/mol. The Morgan fingerprint density at radius 3 is 2.88 bits per heavy atom. The van der Waals surface area contributed by atoms with Gasteiger partial charge in [-0.05, 0) is 20.8 Å². The number of aryl methyl sites for hydroxylation is 1. The van der Waals surface area contributed by atoms with Crippen molar-refractivity contribution in [3.63, 3.8) is 0 Å². The molecule has 0 aliphatic carbocycles. The molecule has 0 atom stereocenters. The molecule has 1 aromatic rings. The molecule has 1 heterocycles. The number of carbonyl (C=O) groups is 1. The van der Waals surface area contributed by atoms with Crippen LogP contribution in [-0.4, -0.2) is 27.7 Å². The Morgan fingerprint density at radius 2 is 2.29 bits per heavy atom. The van der Waals surface area contributed by atoms with Crippen molar-refractivity contribution in [3.8, 4) is 0 Å². The summed E-state index contributed by atoms with van der Waals surface area (Å²) in [5.74, 6) is -0.181. The Kier molecular flexibility index (Phi) is 4.69. The summed E-state index contributed by atoms with van der Waals surface area (Å²) in [4.78, 5) is 15.3. The summed E-state index contributed by atoms with van der Waals surface area (Å²) in [5, 5.41) is 0. The van der Waals surface area contributed by atoms with E-state index < -0.39 is 0 Å². The van der Waals surface area contributed by atoms with Gasteiger partial charge in [0.05, 0.1) is 19.4 Å². The fourth-order valence-electron chi connectivity index (χ4n) is 1.61. The van der Waals surface area contributed by atoms with Gasteiger partial charge in [0, 0.05) is 30.4 Å². The normalized spacial score (nSPS) is 11.5. The monoisotopic (exact) mass is 239 g/mol. The van der Waals surface area contributed by atoms with E-state index in [1.54, 1.807) is 19.4 Å². The van der Waals surface area contributed by atoms with E-state index in [4.69, 9.17) is 10.5 Å². The standard InChI is InChI=1S/C12H21N3O2/c1-4-17-11(16)5-6-15-9-14-8-10(15)7-12(2,3)13/h8-9H,4-7,13H2,1-3H3. The van der Waals surface area contributed by atoms with Gasteiger partial charge in [-0.1, -0.05) is 0 Å². The Labute approximate surface area is 102 Å². The third-order valence-electron chi connectivity index (χ3n) is 2.30. The molecule has 0 amide bonds. The van der Waals surface area contributed by atoms with Crippen LogP contribution in [0.5, 0.6) is 0 Å². The minimum Gasteiger partial charge on any atom is -0.466 e. The van der Waals surface area contributed by atoms with Crippen molar-refractivity contribution in [2.45, 2.75) is 45.7 Å². The van der Waals surface area contributed by atoms with Crippen molar-refractivity contribution >= 4 is 5.97 Å². The van der Waals surface area contributed by atoms with Gasteiger partial charge in [-0.2, -0.15) is 0 Å². The van der Waals surface area contributed by atoms with Gasteiger partial charge in [0.1, 0.15) is 0 Å². The molecule has 0 spiro atoms. The van der Waals surface area contributed by atoms with Crippen molar-refractivity contribution in [2.24, 2.45) is 5.73 Å². The predicted octanol–water partition coefficient (Wildman–Crippen LogP) is 1.12. The highest BCUT2D eigenvalue weighted by Crippen LogP contribution is 2.10. The van der Waals surface area contributed by atoms with E-state index in [0.717, 1.165) is 12.1 Å². The minimum atomic E-state index is -0.276. The zero-order chi connectivity index (χ0) is 12.9. The van der Waals surface area contributed by atoms with Gasteiger partial charge in [0.25, 0.3) is 0 Å². The minimum absolute atomic E-state index is 0.181. The van der Waals surface area contributed by atoms with Crippen LogP contribution in [0, 0.1) is 0 Å². The van der Waals surface area contributed by atoms with Crippen LogP contribution in [0.3, 0.4) is 0 Å². The Bertz CT molecular complexity index is 366. The smallest absolute Gasteiger partial charge is 0.307 e. The Morgan fingerprint density at radius 1 is 1.59 bits per heavy atom. The molecule has 5 heteroatoms. The van der Waals surface area contributed by atoms with Gasteiger partial charge in [-0.3, -0.25) is 4.79 Å². The second-order valence-electron chi connectivity index (χ2n) is 4.80. The molecule has 5 nitrogen and oxygen atoms in total. The summed E-state index contributed by atoms with van der Waals surface area (Å²) >= 11 is 0. The molecule has 0 aliphatic heterocycles. The molecule has 2 N–H and O–H groups in total. The van der Waals surface area contributed by atoms with E-state index in [9.17, 15) is 4.79 Å². The third-order valence-corrected chi connectivity index (χ3v) is 2.30. The van der Waals surface area contributed by atoms with Crippen LogP contribution in [0.4, 0.5) is 0 Å². The fraction of sp³-hybridized carbons (Fsp3) is 0.667. The van der Waals surface area contributed by atoms with Gasteiger partial charge < -0.3 is 15.0 Å². The van der Waals surface area contributed by atoms with Crippen molar-refractivity contribution < 1.29 is 9.53 Å². The Balaban J connectivity index is 2.54. The van der Waals surface area contributed by atoms with Gasteiger partial charge in [0.2, 0.25) is 0 Å². The first-order chi connectivity index (χ1) is 7.92. The molecular formula is C12H21N3O2. The molecule has 17 heavy (non-hydrogen) atoms. The van der Waals surface area contributed by atoms with Crippen molar-refractivity contribution in [1.29, 1.82) is 0 Å². The molecule has 0 saturated carbocycles. The largest absolute Gasteiger partial charge is 0.466 e. The topological polar surface area (TPSA) is 70.1 Å². The van der Waals surface area contributed by atoms with E-state index in [0.29, 0.717) is 19.6 Å². The molecule has 96 valence electrons. The van der Waals surface area contributed by atoms with Crippen LogP contribution < -0.4 is 5.73 Å². The lowest BCUT2D eigenvalue weighted by atomic mass is 10.0. The highest BCUT2D eigenvalue weighted by molar-refractivity contribution is 5.69. The van der Waals surface area contributed by atoms with E-state index in [1.807, 2.05) is 18.4 Å². The number of imidazole rings is 1. The number of aromatic nitrogens is 2. The summed E-state index contributed by atoms with van der Waals surface area (Å²) in [5.41, 5.74) is 6.73. The number of carbonyl (C=O) groups excluding carboxylic acids is 1. The molecule has 0 radical (unpaired) electrons. The van der Waals surface area contributed by atoms with Crippen LogP contribution in [0.25, 0.3) is 0 Å². The van der Waals surface area contributed by atoms with Crippen LogP contribution in [0.15, 0.2) is 12.5 Å². The van der Waals surface area contributed by atoms with Crippen LogP contribution in [0.1, 0.15) is 32.9 Å². The van der Waals surface area contributed by atoms with Gasteiger partial charge >= 0.3 is 5.97 Å². The van der Waals surface area contributed by atoms with E-state index >= 15 is 0 Å². The zero-order valence-corrected chi connectivity index (χ0v) is 10.8. The van der Waals surface area contributed by atoms with Crippen LogP contribution >= 0.6 is 0 Å². The van der Waals surface area contributed by atoms with Crippen LogP contribution in [0.2, 0.25) is 0 Å². The number of esters is 1. The van der Waals surface area contributed by atoms with E-state index in [-0.39, 0.29) is 11.5 Å². The average molecular weight is 239 g/mol. The van der Waals surface area contributed by atoms with Gasteiger partial charge in [0.15, 0.2) is 0 Å². The molecule has 1 rings (SSSR count). The first-order valence-electron chi connectivity index (χ1n) is 5.86. The SMILES string of the molecule is CCOC(=O)CCn1cncc1CC(C)(C)N. The molecule has 0 saturated heterocycles. The maximum absolute atomic E-state index is 11.3. The molecule has 0 aromatic carbocycles. The number of hydrogen-bond acceptors (Lipinski definition) is 4. The summed E-state index contributed by atoms with van der Waals surface area (Å²) in [6, 6.07) is 0. The molecule has 0 bridgehead atoms.